The molecule has 0 unspecified atom stereocenters. The van der Waals surface area contributed by atoms with Crippen LogP contribution in [0, 0.1) is 5.82 Å². The Balaban J connectivity index is 1.32. The molecular weight excluding hydrogens is 433 g/mol. The molecule has 0 bridgehead atoms. The number of benzene rings is 2. The Kier molecular flexibility index (Phi) is 5.67. The SMILES string of the molecule is CCN1CCc2cc(-c3cn(Cc4ccc(-c5nnc(C(F)F)o5)cc4F)nn3)ccc2C1. The van der Waals surface area contributed by atoms with E-state index in [4.69, 9.17) is 4.42 Å². The van der Waals surface area contributed by atoms with E-state index in [1.165, 1.54) is 23.3 Å². The highest BCUT2D eigenvalue weighted by Crippen LogP contribution is 2.27. The minimum absolute atomic E-state index is 0.159. The van der Waals surface area contributed by atoms with Crippen molar-refractivity contribution in [3.63, 3.8) is 0 Å². The summed E-state index contributed by atoms with van der Waals surface area (Å²) in [6.07, 6.45) is -0.0943. The van der Waals surface area contributed by atoms with Crippen molar-refractivity contribution >= 4 is 0 Å². The van der Waals surface area contributed by atoms with E-state index in [2.05, 4.69) is 44.5 Å². The molecule has 0 N–H and O–H groups in total. The van der Waals surface area contributed by atoms with Gasteiger partial charge in [0.25, 0.3) is 5.89 Å². The lowest BCUT2D eigenvalue weighted by Gasteiger charge is -2.27. The van der Waals surface area contributed by atoms with Crippen molar-refractivity contribution < 1.29 is 17.6 Å². The Morgan fingerprint density at radius 3 is 2.64 bits per heavy atom. The van der Waals surface area contributed by atoms with E-state index in [1.807, 2.05) is 6.07 Å². The van der Waals surface area contributed by atoms with Crippen molar-refractivity contribution in [3.8, 4) is 22.7 Å². The normalized spacial score (nSPS) is 14.1. The Morgan fingerprint density at radius 1 is 1.03 bits per heavy atom. The first-order valence-corrected chi connectivity index (χ1v) is 10.6. The third-order valence-electron chi connectivity index (χ3n) is 5.84. The largest absolute Gasteiger partial charge is 0.415 e. The van der Waals surface area contributed by atoms with E-state index in [0.29, 0.717) is 5.56 Å². The van der Waals surface area contributed by atoms with Crippen molar-refractivity contribution in [1.29, 1.82) is 0 Å². The second kappa shape index (κ2) is 8.78. The van der Waals surface area contributed by atoms with Crippen LogP contribution in [0.2, 0.25) is 0 Å². The first-order chi connectivity index (χ1) is 16.0. The zero-order chi connectivity index (χ0) is 22.9. The molecule has 2 aromatic carbocycles. The summed E-state index contributed by atoms with van der Waals surface area (Å²) in [4.78, 5) is 2.41. The maximum Gasteiger partial charge on any atom is 0.314 e. The first kappa shape index (κ1) is 21.3. The highest BCUT2D eigenvalue weighted by Gasteiger charge is 2.19. The van der Waals surface area contributed by atoms with Gasteiger partial charge in [0.1, 0.15) is 11.5 Å². The monoisotopic (exact) mass is 454 g/mol. The molecule has 0 aliphatic carbocycles. The molecule has 4 aromatic rings. The second-order valence-corrected chi connectivity index (χ2v) is 7.96. The predicted octanol–water partition coefficient (Wildman–Crippen LogP) is 4.50. The standard InChI is InChI=1S/C23H21F3N6O/c1-2-31-8-7-14-9-15(3-5-17(14)11-31)20-13-32(30-27-20)12-18-6-4-16(10-19(18)24)22-28-29-23(33-22)21(25)26/h3-6,9-10,13,21H,2,7-8,11-12H2,1H3. The molecule has 7 nitrogen and oxygen atoms in total. The summed E-state index contributed by atoms with van der Waals surface area (Å²) >= 11 is 0. The molecule has 0 amide bonds. The quantitative estimate of drug-likeness (QED) is 0.427. The van der Waals surface area contributed by atoms with Gasteiger partial charge in [0.2, 0.25) is 5.89 Å². The molecule has 0 radical (unpaired) electrons. The third-order valence-corrected chi connectivity index (χ3v) is 5.84. The van der Waals surface area contributed by atoms with Gasteiger partial charge in [-0.05, 0) is 42.3 Å². The van der Waals surface area contributed by atoms with Gasteiger partial charge in [-0.2, -0.15) is 8.78 Å². The zero-order valence-corrected chi connectivity index (χ0v) is 17.9. The summed E-state index contributed by atoms with van der Waals surface area (Å²) in [7, 11) is 0. The van der Waals surface area contributed by atoms with Crippen molar-refractivity contribution in [2.24, 2.45) is 0 Å². The molecule has 1 aliphatic rings. The Labute approximate surface area is 187 Å². The number of hydrogen-bond donors (Lipinski definition) is 0. The maximum absolute atomic E-state index is 14.7. The van der Waals surface area contributed by atoms with Crippen LogP contribution in [0.4, 0.5) is 13.2 Å². The van der Waals surface area contributed by atoms with Gasteiger partial charge in [0.15, 0.2) is 0 Å². The highest BCUT2D eigenvalue weighted by atomic mass is 19.3. The molecule has 170 valence electrons. The number of nitrogens with zero attached hydrogens (tertiary/aromatic N) is 6. The molecule has 1 aliphatic heterocycles. The van der Waals surface area contributed by atoms with Crippen LogP contribution in [0.25, 0.3) is 22.7 Å². The Bertz CT molecular complexity index is 1280. The Hall–Kier alpha value is -3.53. The summed E-state index contributed by atoms with van der Waals surface area (Å²) in [6, 6.07) is 10.6. The average molecular weight is 454 g/mol. The lowest BCUT2D eigenvalue weighted by molar-refractivity contribution is 0.116. The van der Waals surface area contributed by atoms with Crippen LogP contribution in [0.5, 0.6) is 0 Å². The van der Waals surface area contributed by atoms with Crippen molar-refractivity contribution in [1.82, 2.24) is 30.1 Å². The zero-order valence-electron chi connectivity index (χ0n) is 17.9. The fraction of sp³-hybridized carbons (Fsp3) is 0.304. The summed E-state index contributed by atoms with van der Waals surface area (Å²) in [5.74, 6) is -1.49. The number of rotatable bonds is 6. The van der Waals surface area contributed by atoms with Crippen LogP contribution in [0.3, 0.4) is 0 Å². The number of alkyl halides is 2. The minimum atomic E-state index is -2.88. The summed E-state index contributed by atoms with van der Waals surface area (Å²) in [5.41, 5.74) is 4.96. The molecular formula is C23H21F3N6O. The van der Waals surface area contributed by atoms with E-state index in [-0.39, 0.29) is 18.0 Å². The average Bonchev–Trinajstić information content (AvgIpc) is 3.50. The molecule has 0 saturated carbocycles. The van der Waals surface area contributed by atoms with Gasteiger partial charge < -0.3 is 4.42 Å². The molecule has 10 heteroatoms. The van der Waals surface area contributed by atoms with Crippen molar-refractivity contribution in [2.45, 2.75) is 32.9 Å². The van der Waals surface area contributed by atoms with E-state index < -0.39 is 18.1 Å². The van der Waals surface area contributed by atoms with E-state index in [0.717, 1.165) is 37.3 Å². The molecule has 0 saturated heterocycles. The van der Waals surface area contributed by atoms with Crippen LogP contribution < -0.4 is 0 Å². The predicted molar refractivity (Wildman–Crippen MR) is 114 cm³/mol. The molecule has 5 rings (SSSR count). The second-order valence-electron chi connectivity index (χ2n) is 7.96. The van der Waals surface area contributed by atoms with Crippen molar-refractivity contribution in [3.05, 3.63) is 71.0 Å². The van der Waals surface area contributed by atoms with Gasteiger partial charge in [-0.1, -0.05) is 30.3 Å². The number of aromatic nitrogens is 5. The lowest BCUT2D eigenvalue weighted by atomic mass is 9.96. The molecule has 33 heavy (non-hydrogen) atoms. The number of fused-ring (bicyclic) bond motifs is 1. The van der Waals surface area contributed by atoms with E-state index in [9.17, 15) is 13.2 Å². The molecule has 0 spiro atoms. The number of likely N-dealkylation sites (N-methyl/N-ethyl adjacent to an activating group) is 1. The topological polar surface area (TPSA) is 72.9 Å². The summed E-state index contributed by atoms with van der Waals surface area (Å²) in [5, 5.41) is 15.2. The molecule has 0 atom stereocenters. The van der Waals surface area contributed by atoms with Gasteiger partial charge >= 0.3 is 6.43 Å². The van der Waals surface area contributed by atoms with Gasteiger partial charge in [-0.15, -0.1) is 15.3 Å². The fourth-order valence-electron chi connectivity index (χ4n) is 3.97. The van der Waals surface area contributed by atoms with Crippen LogP contribution in [-0.2, 0) is 19.5 Å². The van der Waals surface area contributed by atoms with Gasteiger partial charge in [0, 0.05) is 29.8 Å². The van der Waals surface area contributed by atoms with Crippen LogP contribution in [0.15, 0.2) is 47.0 Å². The number of halogens is 3. The lowest BCUT2D eigenvalue weighted by Crippen LogP contribution is -2.30. The first-order valence-electron chi connectivity index (χ1n) is 10.6. The molecule has 0 fully saturated rings. The van der Waals surface area contributed by atoms with Gasteiger partial charge in [0.05, 0.1) is 12.7 Å². The van der Waals surface area contributed by atoms with Crippen LogP contribution in [-0.4, -0.2) is 43.2 Å². The molecule has 3 heterocycles. The third kappa shape index (κ3) is 4.38. The van der Waals surface area contributed by atoms with Crippen LogP contribution >= 0.6 is 0 Å². The van der Waals surface area contributed by atoms with Gasteiger partial charge in [-0.25, -0.2) is 9.07 Å². The number of hydrogen-bond acceptors (Lipinski definition) is 6. The highest BCUT2D eigenvalue weighted by molar-refractivity contribution is 5.60. The van der Waals surface area contributed by atoms with E-state index in [1.54, 1.807) is 16.9 Å². The summed E-state index contributed by atoms with van der Waals surface area (Å²) < 4.78 is 46.4. The summed E-state index contributed by atoms with van der Waals surface area (Å²) in [6.45, 7) is 5.38. The smallest absolute Gasteiger partial charge is 0.314 e. The minimum Gasteiger partial charge on any atom is -0.415 e. The van der Waals surface area contributed by atoms with Gasteiger partial charge in [-0.3, -0.25) is 4.90 Å². The van der Waals surface area contributed by atoms with Crippen LogP contribution in [0.1, 0.15) is 35.9 Å². The van der Waals surface area contributed by atoms with Crippen molar-refractivity contribution in [2.75, 3.05) is 13.1 Å². The van der Waals surface area contributed by atoms with E-state index >= 15 is 0 Å². The molecule has 2 aromatic heterocycles. The maximum atomic E-state index is 14.7. The fourth-order valence-corrected chi connectivity index (χ4v) is 3.97. The Morgan fingerprint density at radius 2 is 1.88 bits per heavy atom.